The Balaban J connectivity index is 1.60. The summed E-state index contributed by atoms with van der Waals surface area (Å²) in [6.45, 7) is 2.03. The van der Waals surface area contributed by atoms with Crippen LogP contribution in [-0.2, 0) is 6.18 Å². The number of rotatable bonds is 10. The molecule has 0 amide bonds. The highest BCUT2D eigenvalue weighted by molar-refractivity contribution is 6.04. The van der Waals surface area contributed by atoms with Gasteiger partial charge in [0.25, 0.3) is 0 Å². The second-order valence-corrected chi connectivity index (χ2v) is 10.3. The third kappa shape index (κ3) is 6.30. The zero-order valence-electron chi connectivity index (χ0n) is 23.5. The lowest BCUT2D eigenvalue weighted by Crippen LogP contribution is -2.10. The Kier molecular flexibility index (Phi) is 8.34. The van der Waals surface area contributed by atoms with E-state index in [1.54, 1.807) is 18.2 Å². The molecule has 0 aliphatic rings. The lowest BCUT2D eigenvalue weighted by Gasteiger charge is -2.17. The smallest absolute Gasteiger partial charge is 0.416 e. The number of halogens is 3. The van der Waals surface area contributed by atoms with E-state index in [1.165, 1.54) is 31.4 Å². The van der Waals surface area contributed by atoms with E-state index in [9.17, 15) is 27.9 Å². The van der Waals surface area contributed by atoms with Crippen LogP contribution in [-0.4, -0.2) is 33.9 Å². The molecule has 2 N–H and O–H groups in total. The fourth-order valence-corrected chi connectivity index (χ4v) is 5.32. The van der Waals surface area contributed by atoms with E-state index in [0.29, 0.717) is 16.8 Å². The van der Waals surface area contributed by atoms with Gasteiger partial charge in [-0.15, -0.1) is 0 Å². The fourth-order valence-electron chi connectivity index (χ4n) is 5.32. The Morgan fingerprint density at radius 3 is 2.35 bits per heavy atom. The third-order valence-electron chi connectivity index (χ3n) is 7.49. The van der Waals surface area contributed by atoms with Crippen molar-refractivity contribution in [1.82, 2.24) is 9.97 Å². The summed E-state index contributed by atoms with van der Waals surface area (Å²) in [5, 5.41) is 10.2. The number of methoxy groups -OCH3 is 1. The zero-order valence-corrected chi connectivity index (χ0v) is 23.5. The molecule has 0 bridgehead atoms. The highest BCUT2D eigenvalue weighted by Gasteiger charge is 2.32. The van der Waals surface area contributed by atoms with Crippen LogP contribution in [0.3, 0.4) is 0 Å². The number of fused-ring (bicyclic) bond motifs is 1. The molecule has 0 saturated heterocycles. The first-order valence-corrected chi connectivity index (χ1v) is 13.8. The van der Waals surface area contributed by atoms with Crippen molar-refractivity contribution in [1.29, 1.82) is 0 Å². The lowest BCUT2D eigenvalue weighted by atomic mass is 9.86. The summed E-state index contributed by atoms with van der Waals surface area (Å²) in [6, 6.07) is 22.0. The van der Waals surface area contributed by atoms with Crippen molar-refractivity contribution in [3.05, 3.63) is 107 Å². The molecular weight excluding hydrogens is 557 g/mol. The zero-order chi connectivity index (χ0) is 30.7. The maximum absolute atomic E-state index is 13.8. The first-order valence-electron chi connectivity index (χ1n) is 13.8. The Bertz CT molecular complexity index is 1800. The number of hydrogen-bond donors (Lipinski definition) is 2. The molecule has 9 heteroatoms. The second-order valence-electron chi connectivity index (χ2n) is 10.3. The van der Waals surface area contributed by atoms with Crippen LogP contribution in [0.25, 0.3) is 33.5 Å². The van der Waals surface area contributed by atoms with Crippen LogP contribution in [0.4, 0.5) is 13.2 Å². The number of nitrogens with one attached hydrogen (secondary N) is 1. The SMILES string of the molecule is CCC[C@@H](CC(=O)c1ccc(-c2cc(C(F)(F)F)ccc2-c2nc3ccc(OC)cc3[nH]2)c(C(=O)O)c1)c1ccccc1. The summed E-state index contributed by atoms with van der Waals surface area (Å²) in [5.74, 6) is -0.832. The maximum Gasteiger partial charge on any atom is 0.416 e. The quantitative estimate of drug-likeness (QED) is 0.160. The van der Waals surface area contributed by atoms with E-state index >= 15 is 0 Å². The van der Waals surface area contributed by atoms with Crippen molar-refractivity contribution in [3.8, 4) is 28.3 Å². The monoisotopic (exact) mass is 586 g/mol. The van der Waals surface area contributed by atoms with E-state index in [1.807, 2.05) is 37.3 Å². The van der Waals surface area contributed by atoms with Gasteiger partial charge < -0.3 is 14.8 Å². The number of carbonyl (C=O) groups excluding carboxylic acids is 1. The van der Waals surface area contributed by atoms with Crippen molar-refractivity contribution in [3.63, 3.8) is 0 Å². The second kappa shape index (κ2) is 12.1. The van der Waals surface area contributed by atoms with E-state index in [2.05, 4.69) is 9.97 Å². The summed E-state index contributed by atoms with van der Waals surface area (Å²) in [5.41, 5.74) is 1.47. The molecule has 0 aliphatic heterocycles. The molecule has 43 heavy (non-hydrogen) atoms. The van der Waals surface area contributed by atoms with Crippen LogP contribution in [0.5, 0.6) is 5.75 Å². The minimum atomic E-state index is -4.67. The Morgan fingerprint density at radius 2 is 1.67 bits per heavy atom. The number of carboxylic acids is 1. The van der Waals surface area contributed by atoms with E-state index in [0.717, 1.165) is 30.5 Å². The number of ketones is 1. The minimum absolute atomic E-state index is 0.0189. The van der Waals surface area contributed by atoms with Gasteiger partial charge >= 0.3 is 12.1 Å². The van der Waals surface area contributed by atoms with Gasteiger partial charge in [0, 0.05) is 23.6 Å². The standard InChI is InChI=1S/C34H29F3N2O4/c1-3-7-21(20-8-5-4-6-9-20)17-31(40)22-10-13-25(28(16-22)33(41)42)27-18-23(34(35,36)37)11-14-26(27)32-38-29-15-12-24(43-2)19-30(29)39-32/h4-6,8-16,18-19,21H,3,7,17H2,1-2H3,(H,38,39)(H,41,42)/t21-/m0/s1. The number of aromatic nitrogens is 2. The van der Waals surface area contributed by atoms with Crippen molar-refractivity contribution in [2.45, 2.75) is 38.3 Å². The number of carbonyl (C=O) groups is 2. The van der Waals surface area contributed by atoms with E-state index in [-0.39, 0.29) is 51.8 Å². The number of H-pyrrole nitrogens is 1. The summed E-state index contributed by atoms with van der Waals surface area (Å²) >= 11 is 0. The number of ether oxygens (including phenoxy) is 1. The third-order valence-corrected chi connectivity index (χ3v) is 7.49. The Labute approximate surface area is 246 Å². The molecule has 0 unspecified atom stereocenters. The average molecular weight is 587 g/mol. The van der Waals surface area contributed by atoms with Gasteiger partial charge in [0.1, 0.15) is 11.6 Å². The average Bonchev–Trinajstić information content (AvgIpc) is 3.43. The van der Waals surface area contributed by atoms with Crippen LogP contribution in [0.15, 0.2) is 84.9 Å². The molecule has 6 nitrogen and oxygen atoms in total. The van der Waals surface area contributed by atoms with E-state index in [4.69, 9.17) is 4.74 Å². The Morgan fingerprint density at radius 1 is 0.930 bits per heavy atom. The number of aromatic amines is 1. The van der Waals surface area contributed by atoms with Gasteiger partial charge in [-0.1, -0.05) is 61.9 Å². The number of alkyl halides is 3. The molecule has 1 aromatic heterocycles. The van der Waals surface area contributed by atoms with Gasteiger partial charge in [0.15, 0.2) is 5.78 Å². The number of hydrogen-bond acceptors (Lipinski definition) is 4. The minimum Gasteiger partial charge on any atom is -0.497 e. The van der Waals surface area contributed by atoms with E-state index < -0.39 is 17.7 Å². The highest BCUT2D eigenvalue weighted by Crippen LogP contribution is 2.40. The van der Waals surface area contributed by atoms with Crippen LogP contribution < -0.4 is 4.74 Å². The van der Waals surface area contributed by atoms with Gasteiger partial charge in [-0.2, -0.15) is 13.2 Å². The number of imidazole rings is 1. The Hall–Kier alpha value is -4.92. The van der Waals surface area contributed by atoms with Gasteiger partial charge in [0.2, 0.25) is 0 Å². The molecule has 1 atom stereocenters. The fraction of sp³-hybridized carbons (Fsp3) is 0.206. The molecular formula is C34H29F3N2O4. The largest absolute Gasteiger partial charge is 0.497 e. The van der Waals surface area contributed by atoms with Gasteiger partial charge in [-0.3, -0.25) is 4.79 Å². The summed E-state index contributed by atoms with van der Waals surface area (Å²) in [7, 11) is 1.51. The maximum atomic E-state index is 13.8. The highest BCUT2D eigenvalue weighted by atomic mass is 19.4. The van der Waals surface area contributed by atoms with Crippen LogP contribution >= 0.6 is 0 Å². The van der Waals surface area contributed by atoms with Gasteiger partial charge in [0.05, 0.1) is 29.3 Å². The molecule has 1 heterocycles. The first kappa shape index (κ1) is 29.6. The topological polar surface area (TPSA) is 92.3 Å². The normalized spacial score (nSPS) is 12.3. The predicted octanol–water partition coefficient (Wildman–Crippen LogP) is 8.78. The molecule has 5 rings (SSSR count). The molecule has 0 radical (unpaired) electrons. The lowest BCUT2D eigenvalue weighted by molar-refractivity contribution is -0.137. The number of carboxylic acid groups (broad SMARTS) is 1. The number of benzene rings is 4. The summed E-state index contributed by atoms with van der Waals surface area (Å²) < 4.78 is 46.7. The van der Waals surface area contributed by atoms with Gasteiger partial charge in [-0.05, 0) is 59.4 Å². The molecule has 0 saturated carbocycles. The van der Waals surface area contributed by atoms with Crippen LogP contribution in [0.2, 0.25) is 0 Å². The van der Waals surface area contributed by atoms with Crippen molar-refractivity contribution >= 4 is 22.8 Å². The first-order chi connectivity index (χ1) is 20.6. The number of Topliss-reactive ketones (excluding diaryl/α,β-unsaturated/α-hetero) is 1. The van der Waals surface area contributed by atoms with Crippen molar-refractivity contribution in [2.75, 3.05) is 7.11 Å². The number of nitrogens with zero attached hydrogens (tertiary/aromatic N) is 1. The van der Waals surface area contributed by atoms with Crippen LogP contribution in [0, 0.1) is 0 Å². The van der Waals surface area contributed by atoms with Gasteiger partial charge in [-0.25, -0.2) is 9.78 Å². The number of aromatic carboxylic acids is 1. The molecule has 0 fully saturated rings. The molecule has 5 aromatic rings. The predicted molar refractivity (Wildman–Crippen MR) is 159 cm³/mol. The van der Waals surface area contributed by atoms with Crippen molar-refractivity contribution < 1.29 is 32.6 Å². The summed E-state index contributed by atoms with van der Waals surface area (Å²) in [6.07, 6.45) is -2.86. The summed E-state index contributed by atoms with van der Waals surface area (Å²) in [4.78, 5) is 33.5. The molecule has 0 spiro atoms. The molecule has 0 aliphatic carbocycles. The van der Waals surface area contributed by atoms with Crippen LogP contribution in [0.1, 0.15) is 63.9 Å². The molecule has 4 aromatic carbocycles. The molecule has 220 valence electrons. The van der Waals surface area contributed by atoms with Crippen molar-refractivity contribution in [2.24, 2.45) is 0 Å².